The summed E-state index contributed by atoms with van der Waals surface area (Å²) in [7, 11) is 0. The van der Waals surface area contributed by atoms with Gasteiger partial charge in [0.05, 0.1) is 13.2 Å². The van der Waals surface area contributed by atoms with Crippen molar-refractivity contribution in [3.63, 3.8) is 0 Å². The highest BCUT2D eigenvalue weighted by Gasteiger charge is 2.17. The van der Waals surface area contributed by atoms with Crippen molar-refractivity contribution in [3.05, 3.63) is 23.8 Å². The van der Waals surface area contributed by atoms with Crippen LogP contribution in [0.4, 0.5) is 0 Å². The first kappa shape index (κ1) is 16.5. The van der Waals surface area contributed by atoms with Crippen LogP contribution >= 0.6 is 0 Å². The standard InChI is InChI=1S/C16H25NO3/c1-5-17-11-12(4)16(18)13-8-9-14(19-6-2)15(10-13)20-7-3/h8-10,12,17H,5-7,11H2,1-4H3. The summed E-state index contributed by atoms with van der Waals surface area (Å²) in [5.41, 5.74) is 0.669. The van der Waals surface area contributed by atoms with Gasteiger partial charge in [-0.25, -0.2) is 0 Å². The molecule has 1 aromatic carbocycles. The minimum absolute atomic E-state index is 0.0534. The fourth-order valence-electron chi connectivity index (χ4n) is 1.94. The van der Waals surface area contributed by atoms with Gasteiger partial charge >= 0.3 is 0 Å². The lowest BCUT2D eigenvalue weighted by Crippen LogP contribution is -2.26. The molecule has 0 heterocycles. The Bertz CT molecular complexity index is 432. The van der Waals surface area contributed by atoms with Gasteiger partial charge in [0, 0.05) is 18.0 Å². The summed E-state index contributed by atoms with van der Waals surface area (Å²) < 4.78 is 11.0. The molecule has 20 heavy (non-hydrogen) atoms. The number of carbonyl (C=O) groups excluding carboxylic acids is 1. The maximum absolute atomic E-state index is 12.3. The molecule has 0 saturated heterocycles. The first-order valence-electron chi connectivity index (χ1n) is 7.28. The van der Waals surface area contributed by atoms with Gasteiger partial charge in [0.1, 0.15) is 0 Å². The van der Waals surface area contributed by atoms with Crippen LogP contribution in [0.1, 0.15) is 38.1 Å². The fourth-order valence-corrected chi connectivity index (χ4v) is 1.94. The summed E-state index contributed by atoms with van der Waals surface area (Å²) >= 11 is 0. The minimum Gasteiger partial charge on any atom is -0.490 e. The normalized spacial score (nSPS) is 12.0. The molecule has 0 aliphatic rings. The average molecular weight is 279 g/mol. The molecular weight excluding hydrogens is 254 g/mol. The highest BCUT2D eigenvalue weighted by atomic mass is 16.5. The Balaban J connectivity index is 2.89. The van der Waals surface area contributed by atoms with Crippen molar-refractivity contribution in [2.24, 2.45) is 5.92 Å². The first-order valence-corrected chi connectivity index (χ1v) is 7.28. The predicted molar refractivity (Wildman–Crippen MR) is 80.8 cm³/mol. The second-order valence-corrected chi connectivity index (χ2v) is 4.60. The van der Waals surface area contributed by atoms with Crippen molar-refractivity contribution >= 4 is 5.78 Å². The third kappa shape index (κ3) is 4.53. The van der Waals surface area contributed by atoms with E-state index in [-0.39, 0.29) is 11.7 Å². The van der Waals surface area contributed by atoms with Gasteiger partial charge in [-0.15, -0.1) is 0 Å². The largest absolute Gasteiger partial charge is 0.490 e. The van der Waals surface area contributed by atoms with Gasteiger partial charge in [-0.1, -0.05) is 13.8 Å². The van der Waals surface area contributed by atoms with Crippen LogP contribution in [0.5, 0.6) is 11.5 Å². The Hall–Kier alpha value is -1.55. The molecule has 0 aromatic heterocycles. The summed E-state index contributed by atoms with van der Waals surface area (Å²) in [6.45, 7) is 10.5. The number of ether oxygens (including phenoxy) is 2. The topological polar surface area (TPSA) is 47.6 Å². The molecule has 112 valence electrons. The van der Waals surface area contributed by atoms with Gasteiger partial charge in [-0.3, -0.25) is 4.79 Å². The molecule has 1 aromatic rings. The lowest BCUT2D eigenvalue weighted by Gasteiger charge is -2.14. The van der Waals surface area contributed by atoms with E-state index in [0.717, 1.165) is 6.54 Å². The van der Waals surface area contributed by atoms with E-state index in [4.69, 9.17) is 9.47 Å². The van der Waals surface area contributed by atoms with Crippen molar-refractivity contribution in [1.29, 1.82) is 0 Å². The molecule has 0 spiro atoms. The number of nitrogens with one attached hydrogen (secondary N) is 1. The van der Waals surface area contributed by atoms with E-state index in [1.165, 1.54) is 0 Å². The summed E-state index contributed by atoms with van der Waals surface area (Å²) in [6.07, 6.45) is 0. The molecule has 0 aliphatic heterocycles. The minimum atomic E-state index is -0.0534. The third-order valence-corrected chi connectivity index (χ3v) is 2.98. The van der Waals surface area contributed by atoms with Crippen molar-refractivity contribution in [2.45, 2.75) is 27.7 Å². The van der Waals surface area contributed by atoms with Crippen LogP contribution in [-0.2, 0) is 0 Å². The number of Topliss-reactive ketones (excluding diaryl/α,β-unsaturated/α-hetero) is 1. The molecule has 4 nitrogen and oxygen atoms in total. The quantitative estimate of drug-likeness (QED) is 0.706. The monoisotopic (exact) mass is 279 g/mol. The van der Waals surface area contributed by atoms with E-state index in [2.05, 4.69) is 5.32 Å². The van der Waals surface area contributed by atoms with Crippen LogP contribution < -0.4 is 14.8 Å². The van der Waals surface area contributed by atoms with E-state index in [0.29, 0.717) is 36.8 Å². The van der Waals surface area contributed by atoms with Gasteiger partial charge in [-0.2, -0.15) is 0 Å². The number of carbonyl (C=O) groups is 1. The average Bonchev–Trinajstić information content (AvgIpc) is 2.46. The lowest BCUT2D eigenvalue weighted by molar-refractivity contribution is 0.0929. The molecule has 1 atom stereocenters. The van der Waals surface area contributed by atoms with Crippen LogP contribution in [0.2, 0.25) is 0 Å². The summed E-state index contributed by atoms with van der Waals surface area (Å²) in [5, 5.41) is 3.19. The molecule has 1 N–H and O–H groups in total. The van der Waals surface area contributed by atoms with Crippen LogP contribution in [0.3, 0.4) is 0 Å². The molecule has 0 fully saturated rings. The summed E-state index contributed by atoms with van der Waals surface area (Å²) in [4.78, 5) is 12.3. The van der Waals surface area contributed by atoms with E-state index in [9.17, 15) is 4.79 Å². The molecular formula is C16H25NO3. The molecule has 0 amide bonds. The van der Waals surface area contributed by atoms with E-state index < -0.39 is 0 Å². The van der Waals surface area contributed by atoms with E-state index >= 15 is 0 Å². The first-order chi connectivity index (χ1) is 9.63. The zero-order valence-corrected chi connectivity index (χ0v) is 12.9. The highest BCUT2D eigenvalue weighted by Crippen LogP contribution is 2.29. The van der Waals surface area contributed by atoms with Crippen LogP contribution in [0.15, 0.2) is 18.2 Å². The van der Waals surface area contributed by atoms with Gasteiger partial charge in [0.2, 0.25) is 0 Å². The molecule has 0 aliphatic carbocycles. The summed E-state index contributed by atoms with van der Waals surface area (Å²) in [5.74, 6) is 1.39. The number of benzene rings is 1. The Morgan fingerprint density at radius 3 is 2.40 bits per heavy atom. The Morgan fingerprint density at radius 1 is 1.15 bits per heavy atom. The molecule has 1 rings (SSSR count). The number of hydrogen-bond acceptors (Lipinski definition) is 4. The maximum Gasteiger partial charge on any atom is 0.167 e. The number of ketones is 1. The zero-order valence-electron chi connectivity index (χ0n) is 12.9. The Labute approximate surface area is 121 Å². The second-order valence-electron chi connectivity index (χ2n) is 4.60. The van der Waals surface area contributed by atoms with Crippen molar-refractivity contribution in [2.75, 3.05) is 26.3 Å². The zero-order chi connectivity index (χ0) is 15.0. The predicted octanol–water partition coefficient (Wildman–Crippen LogP) is 2.91. The van der Waals surface area contributed by atoms with Crippen molar-refractivity contribution < 1.29 is 14.3 Å². The lowest BCUT2D eigenvalue weighted by atomic mass is 9.99. The van der Waals surface area contributed by atoms with E-state index in [1.54, 1.807) is 12.1 Å². The van der Waals surface area contributed by atoms with Crippen LogP contribution in [0, 0.1) is 5.92 Å². The van der Waals surface area contributed by atoms with Gasteiger partial charge in [0.15, 0.2) is 17.3 Å². The smallest absolute Gasteiger partial charge is 0.167 e. The third-order valence-electron chi connectivity index (χ3n) is 2.98. The van der Waals surface area contributed by atoms with Crippen molar-refractivity contribution in [3.8, 4) is 11.5 Å². The van der Waals surface area contributed by atoms with Crippen molar-refractivity contribution in [1.82, 2.24) is 5.32 Å². The van der Waals surface area contributed by atoms with Crippen LogP contribution in [-0.4, -0.2) is 32.1 Å². The SMILES string of the molecule is CCNCC(C)C(=O)c1ccc(OCC)c(OCC)c1. The highest BCUT2D eigenvalue weighted by molar-refractivity contribution is 5.98. The molecule has 1 unspecified atom stereocenters. The Morgan fingerprint density at radius 2 is 1.80 bits per heavy atom. The Kier molecular flexibility index (Phi) is 7.09. The second kappa shape index (κ2) is 8.59. The van der Waals surface area contributed by atoms with Crippen LogP contribution in [0.25, 0.3) is 0 Å². The summed E-state index contributed by atoms with van der Waals surface area (Å²) in [6, 6.07) is 5.39. The van der Waals surface area contributed by atoms with Gasteiger partial charge in [-0.05, 0) is 38.6 Å². The van der Waals surface area contributed by atoms with E-state index in [1.807, 2.05) is 33.8 Å². The number of hydrogen-bond donors (Lipinski definition) is 1. The number of rotatable bonds is 9. The maximum atomic E-state index is 12.3. The molecule has 4 heteroatoms. The van der Waals surface area contributed by atoms with Gasteiger partial charge in [0.25, 0.3) is 0 Å². The fraction of sp³-hybridized carbons (Fsp3) is 0.562. The molecule has 0 saturated carbocycles. The molecule has 0 radical (unpaired) electrons. The molecule has 0 bridgehead atoms. The van der Waals surface area contributed by atoms with Gasteiger partial charge < -0.3 is 14.8 Å².